The van der Waals surface area contributed by atoms with Gasteiger partial charge in [0, 0.05) is 12.1 Å². The number of methoxy groups -OCH3 is 2. The lowest BCUT2D eigenvalue weighted by Crippen LogP contribution is -2.34. The zero-order valence-electron chi connectivity index (χ0n) is 10.8. The highest BCUT2D eigenvalue weighted by Gasteiger charge is 2.27. The average molecular weight is 251 g/mol. The molecule has 1 amide bonds. The Morgan fingerprint density at radius 3 is 2.61 bits per heavy atom. The van der Waals surface area contributed by atoms with Gasteiger partial charge in [0.25, 0.3) is 5.91 Å². The number of hydrogen-bond acceptors (Lipinski definition) is 4. The molecule has 1 unspecified atom stereocenters. The van der Waals surface area contributed by atoms with Crippen molar-refractivity contribution in [3.8, 4) is 11.5 Å². The van der Waals surface area contributed by atoms with Crippen molar-refractivity contribution in [2.24, 2.45) is 0 Å². The summed E-state index contributed by atoms with van der Waals surface area (Å²) in [5.41, 5.74) is 0.574. The van der Waals surface area contributed by atoms with Crippen molar-refractivity contribution in [2.45, 2.75) is 13.2 Å². The predicted octanol–water partition coefficient (Wildman–Crippen LogP) is 1.52. The summed E-state index contributed by atoms with van der Waals surface area (Å²) in [6.07, 6.45) is -0.175. The van der Waals surface area contributed by atoms with Crippen molar-refractivity contribution in [1.82, 2.24) is 4.90 Å². The summed E-state index contributed by atoms with van der Waals surface area (Å²) < 4.78 is 15.7. The van der Waals surface area contributed by atoms with Crippen LogP contribution in [0.3, 0.4) is 0 Å². The van der Waals surface area contributed by atoms with Crippen LogP contribution in [0.4, 0.5) is 0 Å². The summed E-state index contributed by atoms with van der Waals surface area (Å²) in [7, 11) is 3.11. The van der Waals surface area contributed by atoms with Crippen LogP contribution in [0.5, 0.6) is 11.5 Å². The van der Waals surface area contributed by atoms with Crippen molar-refractivity contribution in [2.75, 3.05) is 27.4 Å². The molecule has 5 heteroatoms. The van der Waals surface area contributed by atoms with Gasteiger partial charge in [-0.3, -0.25) is 4.79 Å². The molecular weight excluding hydrogens is 234 g/mol. The van der Waals surface area contributed by atoms with Gasteiger partial charge in [0.15, 0.2) is 11.5 Å². The summed E-state index contributed by atoms with van der Waals surface area (Å²) in [4.78, 5) is 14.0. The Labute approximate surface area is 106 Å². The molecule has 98 valence electrons. The number of ether oxygens (including phenoxy) is 3. The fourth-order valence-corrected chi connectivity index (χ4v) is 2.00. The lowest BCUT2D eigenvalue weighted by Gasteiger charge is -2.20. The van der Waals surface area contributed by atoms with Crippen molar-refractivity contribution in [3.63, 3.8) is 0 Å². The average Bonchev–Trinajstić information content (AvgIpc) is 2.83. The van der Waals surface area contributed by atoms with E-state index >= 15 is 0 Å². The highest BCUT2D eigenvalue weighted by Crippen LogP contribution is 2.28. The molecule has 1 atom stereocenters. The second-order valence-electron chi connectivity index (χ2n) is 4.04. The molecule has 0 spiro atoms. The standard InChI is InChI=1S/C13H17NO4/c1-9-14(6-7-18-9)13(15)10-4-5-11(16-2)12(8-10)17-3/h4-5,8-9H,6-7H2,1-3H3. The fraction of sp³-hybridized carbons (Fsp3) is 0.462. The molecule has 0 aliphatic carbocycles. The molecule has 0 bridgehead atoms. The maximum atomic E-state index is 12.3. The molecule has 1 aliphatic heterocycles. The Morgan fingerprint density at radius 2 is 2.06 bits per heavy atom. The minimum absolute atomic E-state index is 0.0547. The zero-order chi connectivity index (χ0) is 13.1. The second kappa shape index (κ2) is 5.27. The van der Waals surface area contributed by atoms with Crippen LogP contribution in [0.2, 0.25) is 0 Å². The van der Waals surface area contributed by atoms with Gasteiger partial charge in [0.1, 0.15) is 6.23 Å². The number of nitrogens with zero attached hydrogens (tertiary/aromatic N) is 1. The van der Waals surface area contributed by atoms with Crippen LogP contribution in [0.1, 0.15) is 17.3 Å². The molecule has 0 radical (unpaired) electrons. The third kappa shape index (κ3) is 2.26. The first-order valence-corrected chi connectivity index (χ1v) is 5.82. The lowest BCUT2D eigenvalue weighted by atomic mass is 10.1. The molecule has 1 aromatic carbocycles. The molecular formula is C13H17NO4. The van der Waals surface area contributed by atoms with Crippen molar-refractivity contribution in [3.05, 3.63) is 23.8 Å². The Morgan fingerprint density at radius 1 is 1.33 bits per heavy atom. The van der Waals surface area contributed by atoms with Crippen LogP contribution in [0.15, 0.2) is 18.2 Å². The van der Waals surface area contributed by atoms with Gasteiger partial charge < -0.3 is 19.1 Å². The molecule has 1 saturated heterocycles. The molecule has 2 rings (SSSR count). The first-order chi connectivity index (χ1) is 8.67. The molecule has 0 N–H and O–H groups in total. The van der Waals surface area contributed by atoms with Gasteiger partial charge in [0.05, 0.1) is 20.8 Å². The molecule has 1 heterocycles. The monoisotopic (exact) mass is 251 g/mol. The largest absolute Gasteiger partial charge is 0.493 e. The smallest absolute Gasteiger partial charge is 0.256 e. The van der Waals surface area contributed by atoms with Crippen LogP contribution in [-0.4, -0.2) is 44.4 Å². The summed E-state index contributed by atoms with van der Waals surface area (Å²) in [6, 6.07) is 5.15. The van der Waals surface area contributed by atoms with Gasteiger partial charge in [0.2, 0.25) is 0 Å². The Hall–Kier alpha value is -1.75. The molecule has 0 saturated carbocycles. The van der Waals surface area contributed by atoms with Gasteiger partial charge >= 0.3 is 0 Å². The van der Waals surface area contributed by atoms with Gasteiger partial charge in [-0.25, -0.2) is 0 Å². The van der Waals surface area contributed by atoms with Crippen molar-refractivity contribution in [1.29, 1.82) is 0 Å². The van der Waals surface area contributed by atoms with E-state index in [1.165, 1.54) is 0 Å². The van der Waals surface area contributed by atoms with E-state index in [0.29, 0.717) is 30.2 Å². The highest BCUT2D eigenvalue weighted by molar-refractivity contribution is 5.95. The number of carbonyl (C=O) groups excluding carboxylic acids is 1. The summed E-state index contributed by atoms with van der Waals surface area (Å²) in [5.74, 6) is 1.11. The van der Waals surface area contributed by atoms with E-state index in [2.05, 4.69) is 0 Å². The van der Waals surface area contributed by atoms with E-state index < -0.39 is 0 Å². The van der Waals surface area contributed by atoms with Crippen LogP contribution in [-0.2, 0) is 4.74 Å². The molecule has 0 aromatic heterocycles. The Kier molecular flexibility index (Phi) is 3.72. The topological polar surface area (TPSA) is 48.0 Å². The van der Waals surface area contributed by atoms with E-state index in [4.69, 9.17) is 14.2 Å². The first-order valence-electron chi connectivity index (χ1n) is 5.82. The summed E-state index contributed by atoms with van der Waals surface area (Å²) in [5, 5.41) is 0. The van der Waals surface area contributed by atoms with E-state index in [1.807, 2.05) is 6.92 Å². The number of carbonyl (C=O) groups is 1. The maximum absolute atomic E-state index is 12.3. The second-order valence-corrected chi connectivity index (χ2v) is 4.04. The third-order valence-corrected chi connectivity index (χ3v) is 3.02. The number of hydrogen-bond donors (Lipinski definition) is 0. The first kappa shape index (κ1) is 12.7. The zero-order valence-corrected chi connectivity index (χ0v) is 10.8. The molecule has 5 nitrogen and oxygen atoms in total. The quantitative estimate of drug-likeness (QED) is 0.817. The molecule has 18 heavy (non-hydrogen) atoms. The predicted molar refractivity (Wildman–Crippen MR) is 66.0 cm³/mol. The minimum Gasteiger partial charge on any atom is -0.493 e. The van der Waals surface area contributed by atoms with Crippen LogP contribution in [0, 0.1) is 0 Å². The van der Waals surface area contributed by atoms with Gasteiger partial charge in [-0.05, 0) is 25.1 Å². The number of benzene rings is 1. The molecule has 1 fully saturated rings. The summed E-state index contributed by atoms with van der Waals surface area (Å²) in [6.45, 7) is 3.07. The molecule has 1 aromatic rings. The minimum atomic E-state index is -0.175. The number of rotatable bonds is 3. The van der Waals surface area contributed by atoms with Crippen LogP contribution < -0.4 is 9.47 Å². The van der Waals surface area contributed by atoms with E-state index in [-0.39, 0.29) is 12.1 Å². The van der Waals surface area contributed by atoms with E-state index in [0.717, 1.165) is 0 Å². The Balaban J connectivity index is 2.25. The third-order valence-electron chi connectivity index (χ3n) is 3.02. The highest BCUT2D eigenvalue weighted by atomic mass is 16.5. The van der Waals surface area contributed by atoms with Crippen molar-refractivity contribution < 1.29 is 19.0 Å². The van der Waals surface area contributed by atoms with Gasteiger partial charge in [-0.2, -0.15) is 0 Å². The maximum Gasteiger partial charge on any atom is 0.256 e. The van der Waals surface area contributed by atoms with Gasteiger partial charge in [-0.15, -0.1) is 0 Å². The number of amides is 1. The van der Waals surface area contributed by atoms with Gasteiger partial charge in [-0.1, -0.05) is 0 Å². The molecule has 1 aliphatic rings. The van der Waals surface area contributed by atoms with E-state index in [1.54, 1.807) is 37.3 Å². The lowest BCUT2D eigenvalue weighted by molar-refractivity contribution is 0.0377. The fourth-order valence-electron chi connectivity index (χ4n) is 2.00. The van der Waals surface area contributed by atoms with Crippen LogP contribution >= 0.6 is 0 Å². The van der Waals surface area contributed by atoms with E-state index in [9.17, 15) is 4.79 Å². The van der Waals surface area contributed by atoms with Crippen molar-refractivity contribution >= 4 is 5.91 Å². The SMILES string of the molecule is COc1ccc(C(=O)N2CCOC2C)cc1OC. The van der Waals surface area contributed by atoms with Crippen LogP contribution in [0.25, 0.3) is 0 Å². The summed E-state index contributed by atoms with van der Waals surface area (Å²) >= 11 is 0. The normalized spacial score (nSPS) is 18.8. The Bertz CT molecular complexity index is 447.